The molecule has 0 spiro atoms. The molecule has 0 saturated heterocycles. The Morgan fingerprint density at radius 3 is 2.62 bits per heavy atom. The molecule has 0 radical (unpaired) electrons. The van der Waals surface area contributed by atoms with E-state index in [2.05, 4.69) is 4.90 Å². The number of aliphatic hydroxyl groups excluding tert-OH is 2. The van der Waals surface area contributed by atoms with E-state index in [4.69, 9.17) is 16.7 Å². The van der Waals surface area contributed by atoms with Crippen LogP contribution in [0.2, 0.25) is 0 Å². The minimum absolute atomic E-state index is 0.0867. The SMILES string of the molecule is CN(CC(O)CCl)CC1CC(O)C1. The van der Waals surface area contributed by atoms with Gasteiger partial charge in [-0.2, -0.15) is 0 Å². The predicted octanol–water partition coefficient (Wildman–Crippen LogP) is 0.289. The molecule has 1 fully saturated rings. The number of rotatable bonds is 5. The summed E-state index contributed by atoms with van der Waals surface area (Å²) in [7, 11) is 1.97. The van der Waals surface area contributed by atoms with Gasteiger partial charge in [0, 0.05) is 19.0 Å². The lowest BCUT2D eigenvalue weighted by Gasteiger charge is -2.34. The fourth-order valence-electron chi connectivity index (χ4n) is 1.77. The molecule has 1 rings (SSSR count). The summed E-state index contributed by atoms with van der Waals surface area (Å²) in [6, 6.07) is 0. The summed E-state index contributed by atoms with van der Waals surface area (Å²) in [4.78, 5) is 2.07. The van der Waals surface area contributed by atoms with Crippen LogP contribution >= 0.6 is 11.6 Å². The second-order valence-corrected chi connectivity index (χ2v) is 4.33. The van der Waals surface area contributed by atoms with Gasteiger partial charge in [0.1, 0.15) is 0 Å². The van der Waals surface area contributed by atoms with Gasteiger partial charge in [-0.05, 0) is 25.8 Å². The highest BCUT2D eigenvalue weighted by Crippen LogP contribution is 2.27. The van der Waals surface area contributed by atoms with Gasteiger partial charge < -0.3 is 15.1 Å². The molecule has 78 valence electrons. The van der Waals surface area contributed by atoms with Crippen molar-refractivity contribution in [2.24, 2.45) is 5.92 Å². The quantitative estimate of drug-likeness (QED) is 0.637. The van der Waals surface area contributed by atoms with Crippen LogP contribution in [0.1, 0.15) is 12.8 Å². The molecule has 1 unspecified atom stereocenters. The van der Waals surface area contributed by atoms with E-state index in [1.54, 1.807) is 0 Å². The van der Waals surface area contributed by atoms with Crippen LogP contribution in [0, 0.1) is 5.92 Å². The highest BCUT2D eigenvalue weighted by Gasteiger charge is 2.28. The Balaban J connectivity index is 2.07. The van der Waals surface area contributed by atoms with Crippen molar-refractivity contribution in [3.8, 4) is 0 Å². The molecule has 2 N–H and O–H groups in total. The molecule has 13 heavy (non-hydrogen) atoms. The molecule has 0 bridgehead atoms. The van der Waals surface area contributed by atoms with Gasteiger partial charge in [0.25, 0.3) is 0 Å². The molecule has 1 saturated carbocycles. The van der Waals surface area contributed by atoms with Crippen LogP contribution in [0.25, 0.3) is 0 Å². The first-order chi connectivity index (χ1) is 6.11. The number of alkyl halides is 1. The summed E-state index contributed by atoms with van der Waals surface area (Å²) in [5, 5.41) is 18.3. The summed E-state index contributed by atoms with van der Waals surface area (Å²) in [6.45, 7) is 1.57. The molecule has 1 aliphatic carbocycles. The van der Waals surface area contributed by atoms with Crippen molar-refractivity contribution < 1.29 is 10.2 Å². The Labute approximate surface area is 84.3 Å². The lowest BCUT2D eigenvalue weighted by molar-refractivity contribution is 0.0226. The van der Waals surface area contributed by atoms with Gasteiger partial charge in [-0.1, -0.05) is 0 Å². The van der Waals surface area contributed by atoms with E-state index in [0.29, 0.717) is 12.5 Å². The smallest absolute Gasteiger partial charge is 0.0802 e. The Bertz CT molecular complexity index is 151. The third-order valence-electron chi connectivity index (χ3n) is 2.48. The highest BCUT2D eigenvalue weighted by atomic mass is 35.5. The molecule has 0 aromatic heterocycles. The van der Waals surface area contributed by atoms with E-state index in [0.717, 1.165) is 19.4 Å². The maximum absolute atomic E-state index is 9.26. The van der Waals surface area contributed by atoms with E-state index in [-0.39, 0.29) is 12.0 Å². The third kappa shape index (κ3) is 3.81. The van der Waals surface area contributed by atoms with Crippen LogP contribution in [0.15, 0.2) is 0 Å². The number of likely N-dealkylation sites (N-methyl/N-ethyl adjacent to an activating group) is 1. The Hall–Kier alpha value is 0.170. The molecule has 0 heterocycles. The third-order valence-corrected chi connectivity index (χ3v) is 2.84. The Kier molecular flexibility index (Phi) is 4.46. The summed E-state index contributed by atoms with van der Waals surface area (Å²) < 4.78 is 0. The van der Waals surface area contributed by atoms with Crippen LogP contribution < -0.4 is 0 Å². The number of nitrogens with zero attached hydrogens (tertiary/aromatic N) is 1. The molecule has 1 aliphatic rings. The fourth-order valence-corrected chi connectivity index (χ4v) is 1.87. The molecular formula is C9H18ClNO2. The summed E-state index contributed by atoms with van der Waals surface area (Å²) in [5.41, 5.74) is 0. The van der Waals surface area contributed by atoms with Gasteiger partial charge in [0.05, 0.1) is 12.2 Å². The maximum atomic E-state index is 9.26. The number of hydrogen-bond donors (Lipinski definition) is 2. The first-order valence-electron chi connectivity index (χ1n) is 4.72. The minimum Gasteiger partial charge on any atom is -0.393 e. The zero-order chi connectivity index (χ0) is 9.84. The van der Waals surface area contributed by atoms with Gasteiger partial charge >= 0.3 is 0 Å². The van der Waals surface area contributed by atoms with Crippen molar-refractivity contribution in [3.05, 3.63) is 0 Å². The van der Waals surface area contributed by atoms with E-state index in [1.165, 1.54) is 0 Å². The van der Waals surface area contributed by atoms with Gasteiger partial charge in [-0.25, -0.2) is 0 Å². The molecule has 0 amide bonds. The lowest BCUT2D eigenvalue weighted by atomic mass is 9.82. The molecule has 3 nitrogen and oxygen atoms in total. The number of hydrogen-bond acceptors (Lipinski definition) is 3. The second kappa shape index (κ2) is 5.15. The van der Waals surface area contributed by atoms with Gasteiger partial charge in [0.2, 0.25) is 0 Å². The molecule has 0 aromatic carbocycles. The molecule has 0 aliphatic heterocycles. The Morgan fingerprint density at radius 2 is 2.15 bits per heavy atom. The zero-order valence-corrected chi connectivity index (χ0v) is 8.74. The zero-order valence-electron chi connectivity index (χ0n) is 7.99. The highest BCUT2D eigenvalue weighted by molar-refractivity contribution is 6.18. The van der Waals surface area contributed by atoms with Gasteiger partial charge in [0.15, 0.2) is 0 Å². The monoisotopic (exact) mass is 207 g/mol. The maximum Gasteiger partial charge on any atom is 0.0802 e. The van der Waals surface area contributed by atoms with Crippen LogP contribution in [0.4, 0.5) is 0 Å². The van der Waals surface area contributed by atoms with Crippen LogP contribution in [-0.2, 0) is 0 Å². The summed E-state index contributed by atoms with van der Waals surface area (Å²) >= 11 is 5.49. The van der Waals surface area contributed by atoms with Crippen molar-refractivity contribution in [2.45, 2.75) is 25.0 Å². The first-order valence-corrected chi connectivity index (χ1v) is 5.26. The topological polar surface area (TPSA) is 43.7 Å². The molecule has 4 heteroatoms. The number of halogens is 1. The normalized spacial score (nSPS) is 30.2. The number of aliphatic hydroxyl groups is 2. The molecule has 0 aromatic rings. The lowest BCUT2D eigenvalue weighted by Crippen LogP contribution is -2.40. The van der Waals surface area contributed by atoms with Gasteiger partial charge in [-0.3, -0.25) is 0 Å². The fraction of sp³-hybridized carbons (Fsp3) is 1.00. The van der Waals surface area contributed by atoms with Crippen molar-refractivity contribution in [2.75, 3.05) is 26.0 Å². The average molecular weight is 208 g/mol. The summed E-state index contributed by atoms with van der Waals surface area (Å²) in [6.07, 6.45) is 1.29. The predicted molar refractivity (Wildman–Crippen MR) is 53.0 cm³/mol. The van der Waals surface area contributed by atoms with Crippen molar-refractivity contribution >= 4 is 11.6 Å². The second-order valence-electron chi connectivity index (χ2n) is 4.02. The largest absolute Gasteiger partial charge is 0.393 e. The van der Waals surface area contributed by atoms with Crippen LogP contribution in [0.5, 0.6) is 0 Å². The van der Waals surface area contributed by atoms with E-state index < -0.39 is 6.10 Å². The minimum atomic E-state index is -0.434. The standard InChI is InChI=1S/C9H18ClNO2/c1-11(6-9(13)4-10)5-7-2-8(12)3-7/h7-9,12-13H,2-6H2,1H3. The van der Waals surface area contributed by atoms with Crippen molar-refractivity contribution in [1.29, 1.82) is 0 Å². The Morgan fingerprint density at radius 1 is 1.54 bits per heavy atom. The average Bonchev–Trinajstić information content (AvgIpc) is 2.01. The van der Waals surface area contributed by atoms with Crippen LogP contribution in [-0.4, -0.2) is 53.3 Å². The van der Waals surface area contributed by atoms with E-state index in [1.807, 2.05) is 7.05 Å². The van der Waals surface area contributed by atoms with Crippen molar-refractivity contribution in [3.63, 3.8) is 0 Å². The van der Waals surface area contributed by atoms with Crippen molar-refractivity contribution in [1.82, 2.24) is 4.90 Å². The summed E-state index contributed by atoms with van der Waals surface area (Å²) in [5.74, 6) is 0.889. The van der Waals surface area contributed by atoms with Crippen LogP contribution in [0.3, 0.4) is 0 Å². The molecule has 1 atom stereocenters. The van der Waals surface area contributed by atoms with Gasteiger partial charge in [-0.15, -0.1) is 11.6 Å². The molecular weight excluding hydrogens is 190 g/mol. The first kappa shape index (κ1) is 11.2. The van der Waals surface area contributed by atoms with E-state index in [9.17, 15) is 5.11 Å². The van der Waals surface area contributed by atoms with E-state index >= 15 is 0 Å².